The second kappa shape index (κ2) is 9.91. The normalized spacial score (nSPS) is 15.8. The first kappa shape index (κ1) is 24.7. The molecule has 0 aromatic heterocycles. The summed E-state index contributed by atoms with van der Waals surface area (Å²) < 4.78 is 5.71. The van der Waals surface area contributed by atoms with Crippen LogP contribution >= 0.6 is 0 Å². The number of carboxylic acids is 1. The van der Waals surface area contributed by atoms with Crippen LogP contribution in [0.1, 0.15) is 53.7 Å². The Labute approximate surface area is 227 Å². The maximum absolute atomic E-state index is 12.9. The molecule has 0 bridgehead atoms. The lowest BCUT2D eigenvalue weighted by molar-refractivity contribution is -0.140. The van der Waals surface area contributed by atoms with Gasteiger partial charge < -0.3 is 9.84 Å². The molecule has 39 heavy (non-hydrogen) atoms. The van der Waals surface area contributed by atoms with Crippen molar-refractivity contribution in [2.45, 2.75) is 37.7 Å². The summed E-state index contributed by atoms with van der Waals surface area (Å²) in [6.45, 7) is 1.87. The van der Waals surface area contributed by atoms with E-state index in [0.29, 0.717) is 19.3 Å². The van der Waals surface area contributed by atoms with Crippen molar-refractivity contribution in [2.24, 2.45) is 0 Å². The Hall–Kier alpha value is -4.64. The van der Waals surface area contributed by atoms with Crippen molar-refractivity contribution in [2.75, 3.05) is 0 Å². The number of alkyl carbamates (subject to hydrolysis) is 1. The van der Waals surface area contributed by atoms with Crippen LogP contribution in [0.4, 0.5) is 4.79 Å². The third-order valence-corrected chi connectivity index (χ3v) is 7.90. The molecular weight excluding hydrogens is 486 g/mol. The van der Waals surface area contributed by atoms with E-state index in [1.54, 1.807) is 0 Å². The molecule has 2 aliphatic carbocycles. The van der Waals surface area contributed by atoms with Gasteiger partial charge in [0.05, 0.1) is 11.1 Å². The molecule has 0 spiro atoms. The zero-order valence-electron chi connectivity index (χ0n) is 21.7. The molecular formula is C34H29NO4. The average molecular weight is 516 g/mol. The average Bonchev–Trinajstić information content (AvgIpc) is 3.71. The highest BCUT2D eigenvalue weighted by atomic mass is 16.6. The molecule has 0 radical (unpaired) electrons. The Morgan fingerprint density at radius 3 is 2.03 bits per heavy atom. The maximum atomic E-state index is 12.9. The quantitative estimate of drug-likeness (QED) is 0.269. The molecule has 1 unspecified atom stereocenters. The lowest BCUT2D eigenvalue weighted by Gasteiger charge is -2.16. The van der Waals surface area contributed by atoms with Crippen LogP contribution < -0.4 is 5.32 Å². The number of hydrogen-bond acceptors (Lipinski definition) is 3. The fraction of sp³-hybridized carbons (Fsp3) is 0.176. The van der Waals surface area contributed by atoms with E-state index >= 15 is 0 Å². The Balaban J connectivity index is 1.24. The minimum Gasteiger partial charge on any atom is -0.481 e. The van der Waals surface area contributed by atoms with E-state index in [0.717, 1.165) is 50.2 Å². The van der Waals surface area contributed by atoms with Gasteiger partial charge in [0.15, 0.2) is 0 Å². The lowest BCUT2D eigenvalue weighted by Crippen LogP contribution is -2.24. The monoisotopic (exact) mass is 515 g/mol. The fourth-order valence-electron chi connectivity index (χ4n) is 5.43. The fourth-order valence-corrected chi connectivity index (χ4v) is 5.43. The van der Waals surface area contributed by atoms with E-state index in [9.17, 15) is 14.7 Å². The van der Waals surface area contributed by atoms with Crippen LogP contribution in [0.2, 0.25) is 0 Å². The summed E-state index contributed by atoms with van der Waals surface area (Å²) in [6, 6.07) is 33.9. The molecule has 4 aromatic rings. The van der Waals surface area contributed by atoms with Crippen molar-refractivity contribution in [3.63, 3.8) is 0 Å². The van der Waals surface area contributed by atoms with Gasteiger partial charge >= 0.3 is 12.1 Å². The van der Waals surface area contributed by atoms with Gasteiger partial charge in [0.1, 0.15) is 6.10 Å². The molecule has 5 heteroatoms. The van der Waals surface area contributed by atoms with Crippen molar-refractivity contribution < 1.29 is 19.4 Å². The van der Waals surface area contributed by atoms with Crippen molar-refractivity contribution in [3.05, 3.63) is 131 Å². The smallest absolute Gasteiger partial charge is 0.412 e. The number of benzene rings is 4. The Morgan fingerprint density at radius 1 is 0.795 bits per heavy atom. The molecule has 2 N–H and O–H groups in total. The van der Waals surface area contributed by atoms with Gasteiger partial charge in [-0.3, -0.25) is 10.1 Å². The Bertz CT molecular complexity index is 1570. The van der Waals surface area contributed by atoms with Crippen LogP contribution in [-0.2, 0) is 21.4 Å². The molecule has 0 saturated heterocycles. The van der Waals surface area contributed by atoms with Gasteiger partial charge in [-0.1, -0.05) is 103 Å². The number of carboxylic acid groups (broad SMARTS) is 1. The van der Waals surface area contributed by atoms with E-state index in [1.807, 2.05) is 79.7 Å². The van der Waals surface area contributed by atoms with Gasteiger partial charge in [-0.2, -0.15) is 0 Å². The van der Waals surface area contributed by atoms with E-state index in [4.69, 9.17) is 4.74 Å². The topological polar surface area (TPSA) is 75.6 Å². The summed E-state index contributed by atoms with van der Waals surface area (Å²) >= 11 is 0. The Kier molecular flexibility index (Phi) is 6.27. The SMILES string of the molecule is CC(OC(=O)NC1=C(c2ccc(-c3ccc(C4(C(=O)O)CC4)cc3)cc2)Cc2ccccc21)c1ccccc1. The van der Waals surface area contributed by atoms with Gasteiger partial charge in [0.25, 0.3) is 0 Å². The number of aliphatic carboxylic acids is 1. The van der Waals surface area contributed by atoms with E-state index in [1.165, 1.54) is 0 Å². The number of rotatable bonds is 7. The molecule has 1 atom stereocenters. The summed E-state index contributed by atoms with van der Waals surface area (Å²) in [5.74, 6) is -0.742. The zero-order valence-corrected chi connectivity index (χ0v) is 21.7. The zero-order chi connectivity index (χ0) is 27.0. The first-order valence-corrected chi connectivity index (χ1v) is 13.2. The highest BCUT2D eigenvalue weighted by Gasteiger charge is 2.51. The third kappa shape index (κ3) is 4.72. The number of nitrogens with one attached hydrogen (secondary N) is 1. The summed E-state index contributed by atoms with van der Waals surface area (Å²) in [4.78, 5) is 24.6. The lowest BCUT2D eigenvalue weighted by atomic mass is 9.93. The van der Waals surface area contributed by atoms with Crippen LogP contribution in [-0.4, -0.2) is 17.2 Å². The second-order valence-electron chi connectivity index (χ2n) is 10.3. The number of hydrogen-bond donors (Lipinski definition) is 2. The highest BCUT2D eigenvalue weighted by molar-refractivity contribution is 6.00. The third-order valence-electron chi connectivity index (χ3n) is 7.90. The number of fused-ring (bicyclic) bond motifs is 1. The summed E-state index contributed by atoms with van der Waals surface area (Å²) in [7, 11) is 0. The van der Waals surface area contributed by atoms with E-state index < -0.39 is 17.5 Å². The van der Waals surface area contributed by atoms with Crippen LogP contribution in [0.15, 0.2) is 103 Å². The van der Waals surface area contributed by atoms with Crippen LogP contribution in [0.25, 0.3) is 22.4 Å². The molecule has 6 rings (SSSR count). The van der Waals surface area contributed by atoms with Crippen molar-refractivity contribution >= 4 is 23.3 Å². The van der Waals surface area contributed by atoms with E-state index in [2.05, 4.69) is 35.6 Å². The first-order valence-electron chi connectivity index (χ1n) is 13.2. The van der Waals surface area contributed by atoms with Gasteiger partial charge in [0, 0.05) is 12.0 Å². The van der Waals surface area contributed by atoms with Crippen LogP contribution in [0.5, 0.6) is 0 Å². The largest absolute Gasteiger partial charge is 0.481 e. The molecule has 194 valence electrons. The molecule has 0 aliphatic heterocycles. The standard InChI is InChI=1S/C34H29NO4/c1-22(23-7-3-2-4-8-23)39-33(38)35-31-29-10-6-5-9-27(29)21-30(31)26-13-11-24(12-14-26)25-15-17-28(18-16-25)34(19-20-34)32(36)37/h2-18,22H,19-21H2,1H3,(H,35,38)(H,36,37). The van der Waals surface area contributed by atoms with Crippen molar-refractivity contribution in [3.8, 4) is 11.1 Å². The number of allylic oxidation sites excluding steroid dienone is 1. The predicted octanol–water partition coefficient (Wildman–Crippen LogP) is 7.38. The molecule has 1 amide bonds. The molecule has 2 aliphatic rings. The summed E-state index contributed by atoms with van der Waals surface area (Å²) in [6.07, 6.45) is 1.25. The first-order chi connectivity index (χ1) is 18.9. The predicted molar refractivity (Wildman–Crippen MR) is 152 cm³/mol. The van der Waals surface area contributed by atoms with E-state index in [-0.39, 0.29) is 6.10 Å². The number of ether oxygens (including phenoxy) is 1. The maximum Gasteiger partial charge on any atom is 0.412 e. The second-order valence-corrected chi connectivity index (χ2v) is 10.3. The summed E-state index contributed by atoms with van der Waals surface area (Å²) in [5, 5.41) is 12.6. The number of amides is 1. The van der Waals surface area contributed by atoms with Gasteiger partial charge in [0.2, 0.25) is 0 Å². The molecule has 1 saturated carbocycles. The minimum absolute atomic E-state index is 0.372. The molecule has 4 aromatic carbocycles. The number of carbonyl (C=O) groups excluding carboxylic acids is 1. The van der Waals surface area contributed by atoms with Crippen LogP contribution in [0, 0.1) is 0 Å². The molecule has 0 heterocycles. The van der Waals surface area contributed by atoms with Gasteiger partial charge in [-0.05, 0) is 58.7 Å². The summed E-state index contributed by atoms with van der Waals surface area (Å²) in [5.41, 5.74) is 8.20. The van der Waals surface area contributed by atoms with Crippen molar-refractivity contribution in [1.29, 1.82) is 0 Å². The minimum atomic E-state index is -0.742. The number of carbonyl (C=O) groups is 2. The highest BCUT2D eigenvalue weighted by Crippen LogP contribution is 2.48. The van der Waals surface area contributed by atoms with Crippen LogP contribution in [0.3, 0.4) is 0 Å². The van der Waals surface area contributed by atoms with Gasteiger partial charge in [-0.15, -0.1) is 0 Å². The molecule has 1 fully saturated rings. The van der Waals surface area contributed by atoms with Gasteiger partial charge in [-0.25, -0.2) is 4.79 Å². The molecule has 5 nitrogen and oxygen atoms in total. The van der Waals surface area contributed by atoms with Crippen molar-refractivity contribution in [1.82, 2.24) is 5.32 Å². The Morgan fingerprint density at radius 2 is 1.38 bits per heavy atom.